The van der Waals surface area contributed by atoms with E-state index in [0.717, 1.165) is 0 Å². The Morgan fingerprint density at radius 3 is 2.29 bits per heavy atom. The van der Waals surface area contributed by atoms with Crippen molar-refractivity contribution in [3.63, 3.8) is 0 Å². The number of aliphatic carboxylic acids is 1. The first-order chi connectivity index (χ1) is 7.78. The van der Waals surface area contributed by atoms with Crippen LogP contribution in [0.2, 0.25) is 6.32 Å². The zero-order chi connectivity index (χ0) is 13.5. The predicted octanol–water partition coefficient (Wildman–Crippen LogP) is -2.31. The summed E-state index contributed by atoms with van der Waals surface area (Å²) in [6, 6.07) is 0. The summed E-state index contributed by atoms with van der Waals surface area (Å²) < 4.78 is 0. The van der Waals surface area contributed by atoms with Crippen molar-refractivity contribution in [1.29, 1.82) is 0 Å². The Balaban J connectivity index is 4.23. The number of rotatable bonds is 8. The number of nitrogens with two attached hydrogens (primary N) is 3. The van der Waals surface area contributed by atoms with E-state index in [1.165, 1.54) is 0 Å². The molecule has 0 aliphatic rings. The van der Waals surface area contributed by atoms with Gasteiger partial charge in [-0.15, -0.1) is 0 Å². The molecule has 0 saturated carbocycles. The molecule has 1 unspecified atom stereocenters. The van der Waals surface area contributed by atoms with Gasteiger partial charge in [0.25, 0.3) is 0 Å². The third-order valence-electron chi connectivity index (χ3n) is 2.30. The highest BCUT2D eigenvalue weighted by molar-refractivity contribution is 6.40. The first kappa shape index (κ1) is 15.7. The summed E-state index contributed by atoms with van der Waals surface area (Å²) in [7, 11) is -1.38. The fourth-order valence-electron chi connectivity index (χ4n) is 1.25. The number of carboxylic acids is 1. The van der Waals surface area contributed by atoms with Crippen molar-refractivity contribution in [3.05, 3.63) is 0 Å². The number of hydrogen-bond acceptors (Lipinski definition) is 5. The first-order valence-corrected chi connectivity index (χ1v) is 5.22. The number of nitrogens with zero attached hydrogens (tertiary/aromatic N) is 1. The van der Waals surface area contributed by atoms with Crippen LogP contribution < -0.4 is 17.2 Å². The lowest BCUT2D eigenvalue weighted by molar-refractivity contribution is -0.143. The quantitative estimate of drug-likeness (QED) is 0.121. The van der Waals surface area contributed by atoms with E-state index in [1.54, 1.807) is 0 Å². The third kappa shape index (κ3) is 6.77. The van der Waals surface area contributed by atoms with Crippen molar-refractivity contribution in [1.82, 2.24) is 0 Å². The molecule has 0 saturated heterocycles. The van der Waals surface area contributed by atoms with Crippen molar-refractivity contribution in [2.24, 2.45) is 22.2 Å². The minimum atomic E-state index is -1.52. The highest BCUT2D eigenvalue weighted by atomic mass is 16.4. The maximum Gasteiger partial charge on any atom is 0.451 e. The van der Waals surface area contributed by atoms with Gasteiger partial charge in [0.05, 0.1) is 6.54 Å². The molecule has 0 heterocycles. The van der Waals surface area contributed by atoms with E-state index >= 15 is 0 Å². The van der Waals surface area contributed by atoms with E-state index in [1.807, 2.05) is 0 Å². The van der Waals surface area contributed by atoms with Crippen molar-refractivity contribution in [2.75, 3.05) is 6.54 Å². The van der Waals surface area contributed by atoms with Gasteiger partial charge in [-0.25, -0.2) is 0 Å². The van der Waals surface area contributed by atoms with E-state index in [9.17, 15) is 4.79 Å². The van der Waals surface area contributed by atoms with Crippen LogP contribution in [0, 0.1) is 0 Å². The van der Waals surface area contributed by atoms with Gasteiger partial charge in [0, 0.05) is 0 Å². The Morgan fingerprint density at radius 1 is 1.29 bits per heavy atom. The van der Waals surface area contributed by atoms with Crippen LogP contribution in [0.3, 0.4) is 0 Å². The maximum atomic E-state index is 11.0. The van der Waals surface area contributed by atoms with Crippen LogP contribution in [0.15, 0.2) is 4.99 Å². The van der Waals surface area contributed by atoms with E-state index in [2.05, 4.69) is 4.99 Å². The number of aliphatic imine (C=N–C) groups is 1. The Kier molecular flexibility index (Phi) is 6.55. The Bertz CT molecular complexity index is 283. The van der Waals surface area contributed by atoms with E-state index in [0.29, 0.717) is 12.8 Å². The molecule has 9 N–H and O–H groups in total. The van der Waals surface area contributed by atoms with Gasteiger partial charge in [0.15, 0.2) is 5.96 Å². The van der Waals surface area contributed by atoms with Crippen LogP contribution in [0.25, 0.3) is 0 Å². The van der Waals surface area contributed by atoms with Crippen molar-refractivity contribution >= 4 is 19.0 Å². The van der Waals surface area contributed by atoms with Gasteiger partial charge in [-0.2, -0.15) is 0 Å². The summed E-state index contributed by atoms with van der Waals surface area (Å²) in [4.78, 5) is 14.6. The van der Waals surface area contributed by atoms with Crippen LogP contribution in [-0.2, 0) is 4.79 Å². The largest absolute Gasteiger partial charge is 0.480 e. The van der Waals surface area contributed by atoms with Gasteiger partial charge < -0.3 is 32.4 Å². The zero-order valence-electron chi connectivity index (χ0n) is 9.54. The summed E-state index contributed by atoms with van der Waals surface area (Å²) in [5.74, 6) is -1.40. The molecule has 0 amide bonds. The average Bonchev–Trinajstić information content (AvgIpc) is 2.21. The molecule has 1 atom stereocenters. The lowest BCUT2D eigenvalue weighted by atomic mass is 9.82. The average molecular weight is 246 g/mol. The van der Waals surface area contributed by atoms with Crippen molar-refractivity contribution in [3.8, 4) is 0 Å². The molecule has 0 radical (unpaired) electrons. The molecule has 0 aliphatic carbocycles. The SMILES string of the molecule is NC(N)=NCC(N)(CCCCB(O)O)C(=O)O. The summed E-state index contributed by atoms with van der Waals surface area (Å²) >= 11 is 0. The Hall–Kier alpha value is -1.32. The normalized spacial score (nSPS) is 13.8. The molecule has 0 fully saturated rings. The molecule has 9 heteroatoms. The third-order valence-corrected chi connectivity index (χ3v) is 2.30. The summed E-state index contributed by atoms with van der Waals surface area (Å²) in [5, 5.41) is 26.2. The second-order valence-electron chi connectivity index (χ2n) is 3.93. The Morgan fingerprint density at radius 2 is 1.88 bits per heavy atom. The van der Waals surface area contributed by atoms with E-state index in [-0.39, 0.29) is 25.2 Å². The summed E-state index contributed by atoms with van der Waals surface area (Å²) in [6.07, 6.45) is 1.25. The molecule has 0 aromatic rings. The first-order valence-electron chi connectivity index (χ1n) is 5.22. The predicted molar refractivity (Wildman–Crippen MR) is 64.1 cm³/mol. The fourth-order valence-corrected chi connectivity index (χ4v) is 1.25. The number of hydrogen-bond donors (Lipinski definition) is 6. The van der Waals surface area contributed by atoms with Crippen molar-refractivity contribution in [2.45, 2.75) is 31.1 Å². The highest BCUT2D eigenvalue weighted by Crippen LogP contribution is 2.14. The minimum absolute atomic E-state index is 0.159. The topological polar surface area (TPSA) is 168 Å². The van der Waals surface area contributed by atoms with Gasteiger partial charge in [0.1, 0.15) is 5.54 Å². The lowest BCUT2D eigenvalue weighted by Gasteiger charge is -2.22. The lowest BCUT2D eigenvalue weighted by Crippen LogP contribution is -2.51. The second kappa shape index (κ2) is 7.10. The molecule has 0 bridgehead atoms. The monoisotopic (exact) mass is 246 g/mol. The number of guanidine groups is 1. The van der Waals surface area contributed by atoms with E-state index in [4.69, 9.17) is 32.4 Å². The molecular formula is C8H19BN4O4. The molecule has 98 valence electrons. The van der Waals surface area contributed by atoms with Crippen LogP contribution in [0.1, 0.15) is 19.3 Å². The second-order valence-corrected chi connectivity index (χ2v) is 3.93. The molecule has 0 aromatic heterocycles. The molecule has 0 aliphatic heterocycles. The van der Waals surface area contributed by atoms with Gasteiger partial charge in [-0.1, -0.05) is 12.8 Å². The minimum Gasteiger partial charge on any atom is -0.480 e. The smallest absolute Gasteiger partial charge is 0.451 e. The Labute approximate surface area is 99.6 Å². The molecular weight excluding hydrogens is 227 g/mol. The summed E-state index contributed by atoms with van der Waals surface area (Å²) in [5.41, 5.74) is 14.4. The zero-order valence-corrected chi connectivity index (χ0v) is 9.54. The van der Waals surface area contributed by atoms with Gasteiger partial charge >= 0.3 is 13.1 Å². The van der Waals surface area contributed by atoms with Gasteiger partial charge in [-0.05, 0) is 12.7 Å². The van der Waals surface area contributed by atoms with Gasteiger partial charge in [0.2, 0.25) is 0 Å². The highest BCUT2D eigenvalue weighted by Gasteiger charge is 2.33. The number of unbranched alkanes of at least 4 members (excludes halogenated alkanes) is 1. The van der Waals surface area contributed by atoms with Crippen LogP contribution in [0.5, 0.6) is 0 Å². The van der Waals surface area contributed by atoms with Crippen LogP contribution in [-0.4, -0.2) is 46.3 Å². The molecule has 0 rings (SSSR count). The fraction of sp³-hybridized carbons (Fsp3) is 0.750. The van der Waals surface area contributed by atoms with Crippen molar-refractivity contribution < 1.29 is 19.9 Å². The molecule has 0 spiro atoms. The van der Waals surface area contributed by atoms with Gasteiger partial charge in [-0.3, -0.25) is 9.79 Å². The molecule has 8 nitrogen and oxygen atoms in total. The number of carbonyl (C=O) groups is 1. The maximum absolute atomic E-state index is 11.0. The number of carboxylic acid groups (broad SMARTS) is 1. The van der Waals surface area contributed by atoms with Crippen LogP contribution >= 0.6 is 0 Å². The van der Waals surface area contributed by atoms with E-state index < -0.39 is 18.6 Å². The summed E-state index contributed by atoms with van der Waals surface area (Å²) in [6.45, 7) is -0.202. The standard InChI is InChI=1S/C8H19BN4O4/c10-7(11)13-5-8(12,6(14)15)3-1-2-4-9(16)17/h16-17H,1-5,12H2,(H,14,15)(H4,10,11,13). The molecule has 17 heavy (non-hydrogen) atoms. The molecule has 0 aromatic carbocycles. The van der Waals surface area contributed by atoms with Crippen LogP contribution in [0.4, 0.5) is 0 Å².